The number of rotatable bonds is 2. The second kappa shape index (κ2) is 6.21. The van der Waals surface area contributed by atoms with E-state index >= 15 is 0 Å². The maximum atomic E-state index is 12.6. The Morgan fingerprint density at radius 2 is 2.04 bits per heavy atom. The van der Waals surface area contributed by atoms with Crippen LogP contribution in [0.2, 0.25) is 0 Å². The van der Waals surface area contributed by atoms with Crippen LogP contribution in [0.25, 0.3) is 27.2 Å². The van der Waals surface area contributed by atoms with Crippen molar-refractivity contribution in [1.82, 2.24) is 14.7 Å². The lowest BCUT2D eigenvalue weighted by Crippen LogP contribution is -2.54. The van der Waals surface area contributed by atoms with Crippen molar-refractivity contribution in [2.45, 2.75) is 25.9 Å². The monoisotopic (exact) mass is 380 g/mol. The molecule has 0 spiro atoms. The normalized spacial score (nSPS) is 20.6. The van der Waals surface area contributed by atoms with Gasteiger partial charge in [0.25, 0.3) is 0 Å². The molecule has 1 aliphatic rings. The second-order valence-electron chi connectivity index (χ2n) is 7.26. The molecular formula is C20H20N4O2S. The van der Waals surface area contributed by atoms with E-state index in [-0.39, 0.29) is 5.63 Å². The van der Waals surface area contributed by atoms with Gasteiger partial charge in [-0.25, -0.2) is 9.78 Å². The van der Waals surface area contributed by atoms with Crippen LogP contribution in [0, 0.1) is 0 Å². The zero-order chi connectivity index (χ0) is 18.5. The van der Waals surface area contributed by atoms with Crippen molar-refractivity contribution in [3.05, 3.63) is 52.5 Å². The number of thiazole rings is 1. The van der Waals surface area contributed by atoms with Gasteiger partial charge >= 0.3 is 5.63 Å². The summed E-state index contributed by atoms with van der Waals surface area (Å²) in [6.07, 6.45) is 3.79. The van der Waals surface area contributed by atoms with E-state index in [0.29, 0.717) is 28.9 Å². The fourth-order valence-corrected chi connectivity index (χ4v) is 4.57. The lowest BCUT2D eigenvalue weighted by molar-refractivity contribution is 0.407. The van der Waals surface area contributed by atoms with E-state index in [1.807, 2.05) is 40.4 Å². The van der Waals surface area contributed by atoms with E-state index in [2.05, 4.69) is 35.1 Å². The number of nitrogens with one attached hydrogen (secondary N) is 1. The predicted octanol–water partition coefficient (Wildman–Crippen LogP) is 3.36. The first kappa shape index (κ1) is 16.5. The van der Waals surface area contributed by atoms with E-state index in [1.54, 1.807) is 0 Å². The molecule has 7 heteroatoms. The second-order valence-corrected chi connectivity index (χ2v) is 8.14. The summed E-state index contributed by atoms with van der Waals surface area (Å²) in [6, 6.07) is 8.81. The van der Waals surface area contributed by atoms with Gasteiger partial charge in [-0.1, -0.05) is 0 Å². The molecule has 0 aliphatic carbocycles. The Bertz CT molecular complexity index is 1150. The minimum absolute atomic E-state index is 0.354. The Morgan fingerprint density at radius 3 is 2.81 bits per heavy atom. The van der Waals surface area contributed by atoms with Crippen LogP contribution >= 0.6 is 11.3 Å². The Hall–Kier alpha value is -2.64. The van der Waals surface area contributed by atoms with E-state index in [4.69, 9.17) is 4.42 Å². The summed E-state index contributed by atoms with van der Waals surface area (Å²) in [5, 5.41) is 6.41. The average Bonchev–Trinajstić information content (AvgIpc) is 3.21. The molecule has 1 N–H and O–H groups in total. The molecule has 0 radical (unpaired) electrons. The Kier molecular flexibility index (Phi) is 3.80. The van der Waals surface area contributed by atoms with Crippen LogP contribution in [0.5, 0.6) is 0 Å². The molecule has 4 heterocycles. The molecule has 138 valence electrons. The van der Waals surface area contributed by atoms with Gasteiger partial charge in [-0.15, -0.1) is 11.3 Å². The van der Waals surface area contributed by atoms with Crippen LogP contribution in [0.4, 0.5) is 5.69 Å². The van der Waals surface area contributed by atoms with Crippen molar-refractivity contribution in [3.8, 4) is 11.3 Å². The molecule has 2 atom stereocenters. The first-order valence-corrected chi connectivity index (χ1v) is 9.96. The summed E-state index contributed by atoms with van der Waals surface area (Å²) in [4.78, 5) is 20.3. The van der Waals surface area contributed by atoms with Crippen LogP contribution in [0.3, 0.4) is 0 Å². The van der Waals surface area contributed by atoms with Gasteiger partial charge in [0.1, 0.15) is 5.58 Å². The van der Waals surface area contributed by atoms with Gasteiger partial charge in [0.15, 0.2) is 4.96 Å². The van der Waals surface area contributed by atoms with Gasteiger partial charge in [-0.2, -0.15) is 0 Å². The van der Waals surface area contributed by atoms with Crippen molar-refractivity contribution < 1.29 is 4.42 Å². The molecule has 3 aromatic heterocycles. The average molecular weight is 380 g/mol. The van der Waals surface area contributed by atoms with Gasteiger partial charge in [0.2, 0.25) is 0 Å². The number of imidazole rings is 1. The first-order valence-electron chi connectivity index (χ1n) is 9.08. The minimum atomic E-state index is -0.354. The number of benzene rings is 1. The molecular weight excluding hydrogens is 360 g/mol. The third kappa shape index (κ3) is 2.93. The Labute approximate surface area is 160 Å². The highest BCUT2D eigenvalue weighted by atomic mass is 32.1. The summed E-state index contributed by atoms with van der Waals surface area (Å²) in [6.45, 7) is 6.24. The fourth-order valence-electron chi connectivity index (χ4n) is 3.87. The molecule has 6 nitrogen and oxygen atoms in total. The van der Waals surface area contributed by atoms with E-state index in [0.717, 1.165) is 29.1 Å². The number of anilines is 1. The number of nitrogens with zero attached hydrogens (tertiary/aromatic N) is 3. The molecule has 1 aromatic carbocycles. The maximum Gasteiger partial charge on any atom is 0.345 e. The Balaban J connectivity index is 1.55. The van der Waals surface area contributed by atoms with Crippen molar-refractivity contribution in [3.63, 3.8) is 0 Å². The summed E-state index contributed by atoms with van der Waals surface area (Å²) < 4.78 is 7.58. The standard InChI is InChI=1S/C20H20N4O2S/c1-12-9-24(10-13(2)21-12)15-4-3-14-7-16(19(25)26-18(14)8-15)17-11-23-5-6-27-20(23)22-17/h3-8,11-13,21H,9-10H2,1-2H3. The Morgan fingerprint density at radius 1 is 1.22 bits per heavy atom. The topological polar surface area (TPSA) is 62.8 Å². The van der Waals surface area contributed by atoms with Gasteiger partial charge < -0.3 is 14.6 Å². The van der Waals surface area contributed by atoms with Crippen molar-refractivity contribution in [2.24, 2.45) is 0 Å². The van der Waals surface area contributed by atoms with Crippen LogP contribution in [0.15, 0.2) is 51.3 Å². The number of piperazine rings is 1. The molecule has 4 aromatic rings. The highest BCUT2D eigenvalue weighted by Crippen LogP contribution is 2.26. The lowest BCUT2D eigenvalue weighted by Gasteiger charge is -2.37. The van der Waals surface area contributed by atoms with Crippen LogP contribution in [0.1, 0.15) is 13.8 Å². The maximum absolute atomic E-state index is 12.6. The van der Waals surface area contributed by atoms with Crippen molar-refractivity contribution in [2.75, 3.05) is 18.0 Å². The SMILES string of the molecule is CC1CN(c2ccc3cc(-c4cn5ccsc5n4)c(=O)oc3c2)CC(C)N1. The highest BCUT2D eigenvalue weighted by molar-refractivity contribution is 7.15. The zero-order valence-electron chi connectivity index (χ0n) is 15.2. The van der Waals surface area contributed by atoms with E-state index in [1.165, 1.54) is 11.3 Å². The lowest BCUT2D eigenvalue weighted by atomic mass is 10.1. The third-order valence-electron chi connectivity index (χ3n) is 5.01. The highest BCUT2D eigenvalue weighted by Gasteiger charge is 2.21. The molecule has 1 aliphatic heterocycles. The summed E-state index contributed by atoms with van der Waals surface area (Å²) in [5.74, 6) is 0. The summed E-state index contributed by atoms with van der Waals surface area (Å²) >= 11 is 1.54. The number of aromatic nitrogens is 2. The number of hydrogen-bond donors (Lipinski definition) is 1. The van der Waals surface area contributed by atoms with E-state index < -0.39 is 0 Å². The van der Waals surface area contributed by atoms with Crippen LogP contribution in [-0.4, -0.2) is 34.6 Å². The number of fused-ring (bicyclic) bond motifs is 2. The van der Waals surface area contributed by atoms with Gasteiger partial charge in [0.05, 0.1) is 11.3 Å². The quantitative estimate of drug-likeness (QED) is 0.540. The van der Waals surface area contributed by atoms with E-state index in [9.17, 15) is 4.79 Å². The van der Waals surface area contributed by atoms with Crippen molar-refractivity contribution in [1.29, 1.82) is 0 Å². The van der Waals surface area contributed by atoms with Crippen LogP contribution < -0.4 is 15.8 Å². The first-order chi connectivity index (χ1) is 13.1. The molecule has 2 unspecified atom stereocenters. The van der Waals surface area contributed by atoms with Crippen molar-refractivity contribution >= 4 is 33.0 Å². The molecule has 0 bridgehead atoms. The smallest absolute Gasteiger partial charge is 0.345 e. The van der Waals surface area contributed by atoms with Gasteiger partial charge in [-0.05, 0) is 32.0 Å². The summed E-state index contributed by atoms with van der Waals surface area (Å²) in [7, 11) is 0. The predicted molar refractivity (Wildman–Crippen MR) is 109 cm³/mol. The third-order valence-corrected chi connectivity index (χ3v) is 5.78. The molecule has 1 fully saturated rings. The zero-order valence-corrected chi connectivity index (χ0v) is 16.0. The molecule has 1 saturated heterocycles. The molecule has 27 heavy (non-hydrogen) atoms. The van der Waals surface area contributed by atoms with Crippen LogP contribution in [-0.2, 0) is 0 Å². The molecule has 0 amide bonds. The summed E-state index contributed by atoms with van der Waals surface area (Å²) in [5.41, 5.74) is 2.48. The van der Waals surface area contributed by atoms with Gasteiger partial charge in [0, 0.05) is 60.1 Å². The largest absolute Gasteiger partial charge is 0.422 e. The molecule has 5 rings (SSSR count). The minimum Gasteiger partial charge on any atom is -0.422 e. The number of hydrogen-bond acceptors (Lipinski definition) is 6. The molecule has 0 saturated carbocycles. The van der Waals surface area contributed by atoms with Gasteiger partial charge in [-0.3, -0.25) is 4.40 Å². The fraction of sp³-hybridized carbons (Fsp3) is 0.300.